The van der Waals surface area contributed by atoms with Crippen molar-refractivity contribution < 1.29 is 4.79 Å². The normalized spacial score (nSPS) is 10.8. The molecule has 0 fully saturated rings. The number of carbonyl (C=O) groups is 1. The van der Waals surface area contributed by atoms with Crippen LogP contribution >= 0.6 is 11.6 Å². The van der Waals surface area contributed by atoms with E-state index in [1.165, 1.54) is 0 Å². The van der Waals surface area contributed by atoms with E-state index in [4.69, 9.17) is 11.6 Å². The van der Waals surface area contributed by atoms with Crippen LogP contribution in [0.1, 0.15) is 35.5 Å². The summed E-state index contributed by atoms with van der Waals surface area (Å²) in [7, 11) is 0. The highest BCUT2D eigenvalue weighted by molar-refractivity contribution is 6.34. The van der Waals surface area contributed by atoms with E-state index in [0.29, 0.717) is 16.4 Å². The number of H-pyrrole nitrogens is 1. The van der Waals surface area contributed by atoms with Gasteiger partial charge in [0.2, 0.25) is 0 Å². The first-order valence-electron chi connectivity index (χ1n) is 7.81. The molecule has 0 radical (unpaired) electrons. The third-order valence-electron chi connectivity index (χ3n) is 3.86. The average molecular weight is 344 g/mol. The maximum Gasteiger partial charge on any atom is 0.258 e. The molecule has 1 aromatic carbocycles. The quantitative estimate of drug-likeness (QED) is 0.742. The minimum absolute atomic E-state index is 0.294. The minimum Gasteiger partial charge on any atom is -0.305 e. The Kier molecular flexibility index (Phi) is 4.66. The number of aryl methyl sites for hydroxylation is 1. The van der Waals surface area contributed by atoms with Gasteiger partial charge >= 0.3 is 0 Å². The summed E-state index contributed by atoms with van der Waals surface area (Å²) in [4.78, 5) is 12.6. The van der Waals surface area contributed by atoms with Crippen molar-refractivity contribution in [1.82, 2.24) is 20.0 Å². The molecule has 0 aliphatic heterocycles. The Balaban J connectivity index is 1.90. The van der Waals surface area contributed by atoms with Gasteiger partial charge in [-0.1, -0.05) is 25.4 Å². The van der Waals surface area contributed by atoms with Crippen LogP contribution in [-0.2, 0) is 12.8 Å². The van der Waals surface area contributed by atoms with Crippen molar-refractivity contribution in [1.29, 1.82) is 0 Å². The fraction of sp³-hybridized carbons (Fsp3) is 0.235. The summed E-state index contributed by atoms with van der Waals surface area (Å²) in [5.41, 5.74) is 3.20. The molecule has 0 aliphatic rings. The zero-order valence-corrected chi connectivity index (χ0v) is 14.3. The summed E-state index contributed by atoms with van der Waals surface area (Å²) < 4.78 is 1.67. The van der Waals surface area contributed by atoms with Gasteiger partial charge in [0.25, 0.3) is 5.91 Å². The lowest BCUT2D eigenvalue weighted by Gasteiger charge is -2.09. The molecule has 1 amide bonds. The van der Waals surface area contributed by atoms with Crippen LogP contribution in [0.2, 0.25) is 5.02 Å². The maximum absolute atomic E-state index is 12.6. The highest BCUT2D eigenvalue weighted by atomic mass is 35.5. The Hall–Kier alpha value is -2.60. The van der Waals surface area contributed by atoms with E-state index in [2.05, 4.69) is 20.6 Å². The maximum atomic E-state index is 12.6. The highest BCUT2D eigenvalue weighted by Gasteiger charge is 2.17. The molecule has 6 nitrogen and oxygen atoms in total. The molecule has 0 atom stereocenters. The van der Waals surface area contributed by atoms with Gasteiger partial charge < -0.3 is 5.32 Å². The summed E-state index contributed by atoms with van der Waals surface area (Å²) in [5, 5.41) is 14.6. The number of halogens is 1. The van der Waals surface area contributed by atoms with Crippen LogP contribution in [-0.4, -0.2) is 25.9 Å². The number of hydrogen-bond acceptors (Lipinski definition) is 3. The Morgan fingerprint density at radius 2 is 2.17 bits per heavy atom. The first kappa shape index (κ1) is 16.3. The van der Waals surface area contributed by atoms with E-state index in [1.807, 2.05) is 26.0 Å². The summed E-state index contributed by atoms with van der Waals surface area (Å²) in [6.45, 7) is 4.08. The van der Waals surface area contributed by atoms with Crippen molar-refractivity contribution >= 4 is 23.3 Å². The number of amides is 1. The molecule has 0 unspecified atom stereocenters. The standard InChI is InChI=1S/C17H18ClN5O/c1-3-12-15(4-2)21-22-16(12)20-17(24)13-10-11(6-7-14(13)18)23-9-5-8-19-23/h5-10H,3-4H2,1-2H3,(H2,20,21,22,24). The molecule has 0 saturated heterocycles. The Labute approximate surface area is 144 Å². The molecule has 0 bridgehead atoms. The van der Waals surface area contributed by atoms with Crippen molar-refractivity contribution in [3.05, 3.63) is 58.5 Å². The van der Waals surface area contributed by atoms with Gasteiger partial charge in [-0.2, -0.15) is 10.2 Å². The SMILES string of the molecule is CCc1[nH]nc(NC(=O)c2cc(-n3cccn3)ccc2Cl)c1CC. The van der Waals surface area contributed by atoms with Crippen molar-refractivity contribution in [3.63, 3.8) is 0 Å². The molecule has 0 spiro atoms. The molecule has 0 aliphatic carbocycles. The van der Waals surface area contributed by atoms with Gasteiger partial charge in [-0.3, -0.25) is 9.89 Å². The fourth-order valence-electron chi connectivity index (χ4n) is 2.60. The monoisotopic (exact) mass is 343 g/mol. The molecule has 7 heteroatoms. The summed E-state index contributed by atoms with van der Waals surface area (Å²) >= 11 is 6.21. The predicted molar refractivity (Wildman–Crippen MR) is 93.9 cm³/mol. The number of anilines is 1. The lowest BCUT2D eigenvalue weighted by molar-refractivity contribution is 0.102. The first-order valence-corrected chi connectivity index (χ1v) is 8.18. The van der Waals surface area contributed by atoms with Gasteiger partial charge in [0.05, 0.1) is 16.3 Å². The summed E-state index contributed by atoms with van der Waals surface area (Å²) in [6, 6.07) is 7.03. The van der Waals surface area contributed by atoms with Crippen molar-refractivity contribution in [2.24, 2.45) is 0 Å². The van der Waals surface area contributed by atoms with Crippen molar-refractivity contribution in [2.75, 3.05) is 5.32 Å². The van der Waals surface area contributed by atoms with Crippen LogP contribution in [0, 0.1) is 0 Å². The van der Waals surface area contributed by atoms with Gasteiger partial charge in [0.15, 0.2) is 5.82 Å². The Bertz CT molecular complexity index is 854. The van der Waals surface area contributed by atoms with E-state index >= 15 is 0 Å². The lowest BCUT2D eigenvalue weighted by Crippen LogP contribution is -2.14. The molecule has 3 aromatic rings. The average Bonchev–Trinajstić information content (AvgIpc) is 3.24. The van der Waals surface area contributed by atoms with E-state index < -0.39 is 0 Å². The molecule has 2 heterocycles. The Morgan fingerprint density at radius 1 is 1.33 bits per heavy atom. The number of nitrogens with zero attached hydrogens (tertiary/aromatic N) is 3. The topological polar surface area (TPSA) is 75.6 Å². The summed E-state index contributed by atoms with van der Waals surface area (Å²) in [6.07, 6.45) is 5.11. The lowest BCUT2D eigenvalue weighted by atomic mass is 10.1. The Morgan fingerprint density at radius 3 is 2.83 bits per heavy atom. The number of benzene rings is 1. The number of carbonyl (C=O) groups excluding carboxylic acids is 1. The van der Waals surface area contributed by atoms with Crippen LogP contribution in [0.15, 0.2) is 36.7 Å². The van der Waals surface area contributed by atoms with Crippen LogP contribution in [0.3, 0.4) is 0 Å². The second-order valence-corrected chi connectivity index (χ2v) is 5.71. The minimum atomic E-state index is -0.294. The van der Waals surface area contributed by atoms with E-state index in [0.717, 1.165) is 29.8 Å². The second kappa shape index (κ2) is 6.88. The van der Waals surface area contributed by atoms with E-state index in [9.17, 15) is 4.79 Å². The fourth-order valence-corrected chi connectivity index (χ4v) is 2.81. The van der Waals surface area contributed by atoms with Crippen LogP contribution < -0.4 is 5.32 Å². The highest BCUT2D eigenvalue weighted by Crippen LogP contribution is 2.23. The molecular weight excluding hydrogens is 326 g/mol. The van der Waals surface area contributed by atoms with E-state index in [1.54, 1.807) is 29.2 Å². The number of rotatable bonds is 5. The van der Waals surface area contributed by atoms with Gasteiger partial charge in [0.1, 0.15) is 0 Å². The van der Waals surface area contributed by atoms with E-state index in [-0.39, 0.29) is 5.91 Å². The number of hydrogen-bond donors (Lipinski definition) is 2. The van der Waals surface area contributed by atoms with Crippen molar-refractivity contribution in [2.45, 2.75) is 26.7 Å². The zero-order chi connectivity index (χ0) is 17.1. The molecular formula is C17H18ClN5O. The predicted octanol–water partition coefficient (Wildman–Crippen LogP) is 3.63. The molecule has 124 valence electrons. The molecule has 3 rings (SSSR count). The number of aromatic amines is 1. The van der Waals surface area contributed by atoms with Crippen LogP contribution in [0.25, 0.3) is 5.69 Å². The van der Waals surface area contributed by atoms with Crippen LogP contribution in [0.5, 0.6) is 0 Å². The van der Waals surface area contributed by atoms with Gasteiger partial charge in [0, 0.05) is 23.7 Å². The first-order chi connectivity index (χ1) is 11.6. The van der Waals surface area contributed by atoms with Gasteiger partial charge in [-0.25, -0.2) is 4.68 Å². The number of nitrogens with one attached hydrogen (secondary N) is 2. The smallest absolute Gasteiger partial charge is 0.258 e. The van der Waals surface area contributed by atoms with Gasteiger partial charge in [-0.05, 0) is 37.1 Å². The zero-order valence-electron chi connectivity index (χ0n) is 13.5. The second-order valence-electron chi connectivity index (χ2n) is 5.31. The third-order valence-corrected chi connectivity index (χ3v) is 4.18. The third kappa shape index (κ3) is 3.05. The number of aromatic nitrogens is 4. The van der Waals surface area contributed by atoms with Crippen LogP contribution in [0.4, 0.5) is 5.82 Å². The molecule has 2 aromatic heterocycles. The summed E-state index contributed by atoms with van der Waals surface area (Å²) in [5.74, 6) is 0.262. The molecule has 24 heavy (non-hydrogen) atoms. The van der Waals surface area contributed by atoms with Crippen molar-refractivity contribution in [3.8, 4) is 5.69 Å². The molecule has 0 saturated carbocycles. The van der Waals surface area contributed by atoms with Gasteiger partial charge in [-0.15, -0.1) is 0 Å². The largest absolute Gasteiger partial charge is 0.305 e. The molecule has 2 N–H and O–H groups in total.